The average molecular weight is 253 g/mol. The van der Waals surface area contributed by atoms with Gasteiger partial charge in [-0.15, -0.1) is 0 Å². The maximum absolute atomic E-state index is 5.38. The molecule has 0 amide bonds. The second kappa shape index (κ2) is 6.10. The highest BCUT2D eigenvalue weighted by Gasteiger charge is 2.23. The van der Waals surface area contributed by atoms with Crippen LogP contribution in [0.1, 0.15) is 13.3 Å². The topological polar surface area (TPSA) is 38.2 Å². The van der Waals surface area contributed by atoms with Gasteiger partial charge < -0.3 is 9.64 Å². The Morgan fingerprint density at radius 2 is 2.41 bits per heavy atom. The first kappa shape index (κ1) is 12.5. The predicted molar refractivity (Wildman–Crippen MR) is 71.9 cm³/mol. The molecule has 1 aromatic heterocycles. The highest BCUT2D eigenvalue weighted by molar-refractivity contribution is 7.98. The first-order valence-corrected chi connectivity index (χ1v) is 7.41. The van der Waals surface area contributed by atoms with E-state index in [2.05, 4.69) is 21.1 Å². The van der Waals surface area contributed by atoms with Gasteiger partial charge in [0.15, 0.2) is 5.82 Å². The van der Waals surface area contributed by atoms with Crippen molar-refractivity contribution in [3.8, 4) is 5.88 Å². The van der Waals surface area contributed by atoms with E-state index >= 15 is 0 Å². The third-order valence-corrected chi connectivity index (χ3v) is 3.71. The molecular formula is C12H19N3OS. The van der Waals surface area contributed by atoms with E-state index in [1.165, 1.54) is 12.2 Å². The molecule has 0 aliphatic carbocycles. The molecule has 0 aromatic carbocycles. The largest absolute Gasteiger partial charge is 0.477 e. The van der Waals surface area contributed by atoms with Gasteiger partial charge in [0.25, 0.3) is 0 Å². The number of anilines is 1. The monoisotopic (exact) mass is 253 g/mol. The van der Waals surface area contributed by atoms with Gasteiger partial charge in [0.1, 0.15) is 0 Å². The lowest BCUT2D eigenvalue weighted by molar-refractivity contribution is 0.325. The van der Waals surface area contributed by atoms with Crippen molar-refractivity contribution in [2.45, 2.75) is 13.3 Å². The Hall–Kier alpha value is -0.970. The zero-order valence-corrected chi connectivity index (χ0v) is 11.2. The van der Waals surface area contributed by atoms with Crippen molar-refractivity contribution in [2.75, 3.05) is 36.6 Å². The summed E-state index contributed by atoms with van der Waals surface area (Å²) in [7, 11) is 0. The van der Waals surface area contributed by atoms with Crippen LogP contribution in [0.15, 0.2) is 12.4 Å². The van der Waals surface area contributed by atoms with Crippen molar-refractivity contribution in [3.05, 3.63) is 12.4 Å². The lowest BCUT2D eigenvalue weighted by Crippen LogP contribution is -2.21. The van der Waals surface area contributed by atoms with E-state index in [0.717, 1.165) is 24.8 Å². The van der Waals surface area contributed by atoms with E-state index in [-0.39, 0.29) is 0 Å². The Balaban J connectivity index is 2.00. The van der Waals surface area contributed by atoms with E-state index < -0.39 is 0 Å². The van der Waals surface area contributed by atoms with Gasteiger partial charge in [-0.25, -0.2) is 0 Å². The van der Waals surface area contributed by atoms with Gasteiger partial charge in [0, 0.05) is 13.1 Å². The number of hydrogen-bond acceptors (Lipinski definition) is 5. The van der Waals surface area contributed by atoms with Crippen LogP contribution in [0.3, 0.4) is 0 Å². The van der Waals surface area contributed by atoms with E-state index in [0.29, 0.717) is 12.5 Å². The normalized spacial score (nSPS) is 19.6. The van der Waals surface area contributed by atoms with E-state index in [4.69, 9.17) is 4.74 Å². The molecule has 1 fully saturated rings. The number of hydrogen-bond donors (Lipinski definition) is 0. The highest BCUT2D eigenvalue weighted by Crippen LogP contribution is 2.24. The molecule has 2 heterocycles. The van der Waals surface area contributed by atoms with Gasteiger partial charge in [-0.05, 0) is 31.3 Å². The molecule has 1 saturated heterocycles. The number of thioether (sulfide) groups is 1. The molecule has 2 rings (SSSR count). The Labute approximate surface area is 107 Å². The summed E-state index contributed by atoms with van der Waals surface area (Å²) in [5.41, 5.74) is 0. The van der Waals surface area contributed by atoms with Crippen LogP contribution in [0.2, 0.25) is 0 Å². The van der Waals surface area contributed by atoms with E-state index in [9.17, 15) is 0 Å². The summed E-state index contributed by atoms with van der Waals surface area (Å²) in [5, 5.41) is 0. The fourth-order valence-corrected chi connectivity index (χ4v) is 2.86. The molecule has 0 spiro atoms. The van der Waals surface area contributed by atoms with Crippen LogP contribution in [0, 0.1) is 5.92 Å². The van der Waals surface area contributed by atoms with Gasteiger partial charge in [0.2, 0.25) is 5.88 Å². The lowest BCUT2D eigenvalue weighted by Gasteiger charge is -2.17. The first-order chi connectivity index (χ1) is 8.33. The van der Waals surface area contributed by atoms with Gasteiger partial charge in [-0.3, -0.25) is 4.98 Å². The number of ether oxygens (including phenoxy) is 1. The Kier molecular flexibility index (Phi) is 4.48. The molecule has 94 valence electrons. The van der Waals surface area contributed by atoms with Crippen LogP contribution < -0.4 is 9.64 Å². The molecule has 1 aromatic rings. The Bertz CT molecular complexity index is 361. The second-order valence-corrected chi connectivity index (χ2v) is 5.12. The minimum Gasteiger partial charge on any atom is -0.477 e. The van der Waals surface area contributed by atoms with Gasteiger partial charge in [-0.1, -0.05) is 0 Å². The molecule has 1 aliphatic heterocycles. The van der Waals surface area contributed by atoms with Crippen molar-refractivity contribution >= 4 is 17.6 Å². The smallest absolute Gasteiger partial charge is 0.234 e. The average Bonchev–Trinajstić information content (AvgIpc) is 2.79. The van der Waals surface area contributed by atoms with Gasteiger partial charge >= 0.3 is 0 Å². The molecular weight excluding hydrogens is 234 g/mol. The van der Waals surface area contributed by atoms with Crippen LogP contribution >= 0.6 is 11.8 Å². The van der Waals surface area contributed by atoms with Crippen molar-refractivity contribution in [3.63, 3.8) is 0 Å². The molecule has 1 unspecified atom stereocenters. The number of nitrogens with zero attached hydrogens (tertiary/aromatic N) is 3. The van der Waals surface area contributed by atoms with Crippen LogP contribution in [-0.4, -0.2) is 41.7 Å². The van der Waals surface area contributed by atoms with Crippen molar-refractivity contribution in [1.29, 1.82) is 0 Å². The number of rotatable bonds is 5. The minimum atomic E-state index is 0.623. The fourth-order valence-electron chi connectivity index (χ4n) is 2.12. The molecule has 1 atom stereocenters. The molecule has 0 saturated carbocycles. The van der Waals surface area contributed by atoms with Crippen molar-refractivity contribution < 1.29 is 4.74 Å². The summed E-state index contributed by atoms with van der Waals surface area (Å²) in [6, 6.07) is 0. The quantitative estimate of drug-likeness (QED) is 0.803. The van der Waals surface area contributed by atoms with Crippen LogP contribution in [0.5, 0.6) is 5.88 Å². The third-order valence-electron chi connectivity index (χ3n) is 2.90. The summed E-state index contributed by atoms with van der Waals surface area (Å²) >= 11 is 1.92. The minimum absolute atomic E-state index is 0.623. The van der Waals surface area contributed by atoms with Crippen LogP contribution in [0.25, 0.3) is 0 Å². The van der Waals surface area contributed by atoms with Crippen LogP contribution in [0.4, 0.5) is 5.82 Å². The fraction of sp³-hybridized carbons (Fsp3) is 0.667. The Morgan fingerprint density at radius 1 is 1.53 bits per heavy atom. The van der Waals surface area contributed by atoms with E-state index in [1.54, 1.807) is 6.20 Å². The molecule has 0 bridgehead atoms. The first-order valence-electron chi connectivity index (χ1n) is 6.02. The molecule has 1 aliphatic rings. The lowest BCUT2D eigenvalue weighted by atomic mass is 10.2. The summed E-state index contributed by atoms with van der Waals surface area (Å²) in [6.45, 7) is 4.76. The summed E-state index contributed by atoms with van der Waals surface area (Å²) in [6.07, 6.45) is 6.91. The summed E-state index contributed by atoms with van der Waals surface area (Å²) in [4.78, 5) is 11.0. The molecule has 17 heavy (non-hydrogen) atoms. The third kappa shape index (κ3) is 3.25. The maximum atomic E-state index is 5.38. The van der Waals surface area contributed by atoms with Crippen LogP contribution in [-0.2, 0) is 0 Å². The predicted octanol–water partition coefficient (Wildman–Crippen LogP) is 2.06. The molecule has 0 radical (unpaired) electrons. The van der Waals surface area contributed by atoms with Crippen molar-refractivity contribution in [2.24, 2.45) is 5.92 Å². The zero-order chi connectivity index (χ0) is 12.1. The molecule has 0 N–H and O–H groups in total. The maximum Gasteiger partial charge on any atom is 0.234 e. The standard InChI is InChI=1S/C12H19N3OS/c1-3-16-12-7-13-6-11(14-12)15-5-4-10(8-15)9-17-2/h6-7,10H,3-5,8-9H2,1-2H3. The Morgan fingerprint density at radius 3 is 3.18 bits per heavy atom. The number of aromatic nitrogens is 2. The molecule has 5 heteroatoms. The highest BCUT2D eigenvalue weighted by atomic mass is 32.2. The van der Waals surface area contributed by atoms with Crippen molar-refractivity contribution in [1.82, 2.24) is 9.97 Å². The van der Waals surface area contributed by atoms with Gasteiger partial charge in [-0.2, -0.15) is 16.7 Å². The van der Waals surface area contributed by atoms with E-state index in [1.807, 2.05) is 24.9 Å². The molecule has 4 nitrogen and oxygen atoms in total. The second-order valence-electron chi connectivity index (χ2n) is 4.20. The van der Waals surface area contributed by atoms with Gasteiger partial charge in [0.05, 0.1) is 19.0 Å². The summed E-state index contributed by atoms with van der Waals surface area (Å²) in [5.74, 6) is 3.58. The zero-order valence-electron chi connectivity index (χ0n) is 10.4. The summed E-state index contributed by atoms with van der Waals surface area (Å²) < 4.78 is 5.38. The SMILES string of the molecule is CCOc1cncc(N2CCC(CSC)C2)n1.